The van der Waals surface area contributed by atoms with Gasteiger partial charge >= 0.3 is 0 Å². The van der Waals surface area contributed by atoms with Crippen LogP contribution in [-0.4, -0.2) is 27.3 Å². The molecule has 0 bridgehead atoms. The summed E-state index contributed by atoms with van der Waals surface area (Å²) in [6, 6.07) is 7.77. The van der Waals surface area contributed by atoms with Crippen LogP contribution in [0.3, 0.4) is 0 Å². The first kappa shape index (κ1) is 16.8. The monoisotopic (exact) mass is 346 g/mol. The number of guanidine groups is 1. The zero-order chi connectivity index (χ0) is 16.8. The smallest absolute Gasteiger partial charge is 0.191 e. The maximum atomic E-state index is 6.19. The Morgan fingerprint density at radius 1 is 1.25 bits per heavy atom. The van der Waals surface area contributed by atoms with E-state index >= 15 is 0 Å². The summed E-state index contributed by atoms with van der Waals surface area (Å²) < 4.78 is 2.22. The molecular weight excluding hydrogens is 324 g/mol. The van der Waals surface area contributed by atoms with Gasteiger partial charge in [0, 0.05) is 24.5 Å². The van der Waals surface area contributed by atoms with Crippen LogP contribution in [0.15, 0.2) is 29.3 Å². The Hall–Kier alpha value is -2.08. The van der Waals surface area contributed by atoms with Crippen molar-refractivity contribution in [2.45, 2.75) is 45.8 Å². The van der Waals surface area contributed by atoms with E-state index in [4.69, 9.17) is 11.6 Å². The van der Waals surface area contributed by atoms with E-state index in [1.54, 1.807) is 0 Å². The summed E-state index contributed by atoms with van der Waals surface area (Å²) in [6.07, 6.45) is 3.42. The van der Waals surface area contributed by atoms with Gasteiger partial charge in [-0.2, -0.15) is 0 Å². The summed E-state index contributed by atoms with van der Waals surface area (Å²) in [7, 11) is 0. The van der Waals surface area contributed by atoms with Gasteiger partial charge in [-0.1, -0.05) is 29.8 Å². The van der Waals surface area contributed by atoms with Crippen molar-refractivity contribution in [2.75, 3.05) is 6.54 Å². The molecule has 0 spiro atoms. The quantitative estimate of drug-likeness (QED) is 0.645. The number of aryl methyl sites for hydroxylation is 1. The molecule has 0 saturated heterocycles. The normalized spacial score (nSPS) is 14.3. The van der Waals surface area contributed by atoms with Gasteiger partial charge in [0.05, 0.1) is 13.1 Å². The Kier molecular flexibility index (Phi) is 5.69. The molecule has 0 amide bonds. The number of aliphatic imine (C=N–C) groups is 1. The van der Waals surface area contributed by atoms with Crippen LogP contribution >= 0.6 is 11.6 Å². The first-order valence-electron chi connectivity index (χ1n) is 8.44. The van der Waals surface area contributed by atoms with Gasteiger partial charge in [0.25, 0.3) is 0 Å². The molecule has 1 aromatic heterocycles. The van der Waals surface area contributed by atoms with Gasteiger partial charge in [-0.3, -0.25) is 0 Å². The van der Waals surface area contributed by atoms with E-state index in [1.165, 1.54) is 12.8 Å². The van der Waals surface area contributed by atoms with Crippen LogP contribution in [0, 0.1) is 0 Å². The predicted octanol–water partition coefficient (Wildman–Crippen LogP) is 2.52. The van der Waals surface area contributed by atoms with Crippen molar-refractivity contribution < 1.29 is 0 Å². The lowest BCUT2D eigenvalue weighted by molar-refractivity contribution is 0.504. The molecule has 0 aliphatic carbocycles. The van der Waals surface area contributed by atoms with Gasteiger partial charge < -0.3 is 15.2 Å². The van der Waals surface area contributed by atoms with E-state index in [9.17, 15) is 0 Å². The third-order valence-corrected chi connectivity index (χ3v) is 4.43. The minimum Gasteiger partial charge on any atom is -0.357 e. The van der Waals surface area contributed by atoms with Gasteiger partial charge in [0.1, 0.15) is 5.82 Å². The third kappa shape index (κ3) is 4.06. The van der Waals surface area contributed by atoms with Crippen LogP contribution in [0.2, 0.25) is 5.02 Å². The molecule has 6 nitrogen and oxygen atoms in total. The van der Waals surface area contributed by atoms with Crippen molar-refractivity contribution in [1.82, 2.24) is 25.4 Å². The van der Waals surface area contributed by atoms with Crippen molar-refractivity contribution in [2.24, 2.45) is 4.99 Å². The number of hydrogen-bond acceptors (Lipinski definition) is 3. The molecule has 3 rings (SSSR count). The molecule has 128 valence electrons. The molecule has 0 radical (unpaired) electrons. The van der Waals surface area contributed by atoms with E-state index in [0.29, 0.717) is 13.1 Å². The minimum atomic E-state index is 0.535. The third-order valence-electron chi connectivity index (χ3n) is 4.06. The molecule has 1 aliphatic heterocycles. The van der Waals surface area contributed by atoms with E-state index in [0.717, 1.165) is 47.7 Å². The Balaban J connectivity index is 1.64. The number of nitrogens with zero attached hydrogens (tertiary/aromatic N) is 4. The second-order valence-corrected chi connectivity index (χ2v) is 6.19. The fourth-order valence-corrected chi connectivity index (χ4v) is 2.99. The van der Waals surface area contributed by atoms with Crippen LogP contribution in [-0.2, 0) is 26.1 Å². The molecule has 0 atom stereocenters. The first-order chi connectivity index (χ1) is 11.8. The van der Waals surface area contributed by atoms with Crippen LogP contribution < -0.4 is 10.6 Å². The van der Waals surface area contributed by atoms with Crippen LogP contribution in [0.5, 0.6) is 0 Å². The first-order valence-corrected chi connectivity index (χ1v) is 8.82. The molecular formula is C17H23ClN6. The second kappa shape index (κ2) is 8.15. The highest BCUT2D eigenvalue weighted by molar-refractivity contribution is 6.31. The van der Waals surface area contributed by atoms with Gasteiger partial charge in [0.2, 0.25) is 0 Å². The van der Waals surface area contributed by atoms with Crippen molar-refractivity contribution in [3.63, 3.8) is 0 Å². The lowest BCUT2D eigenvalue weighted by Crippen LogP contribution is -2.37. The highest BCUT2D eigenvalue weighted by Gasteiger charge is 2.15. The lowest BCUT2D eigenvalue weighted by Gasteiger charge is -2.16. The Morgan fingerprint density at radius 2 is 2.12 bits per heavy atom. The molecule has 1 aliphatic rings. The molecule has 2 aromatic rings. The second-order valence-electron chi connectivity index (χ2n) is 5.78. The summed E-state index contributed by atoms with van der Waals surface area (Å²) in [5.74, 6) is 2.81. The average Bonchev–Trinajstić information content (AvgIpc) is 3.02. The topological polar surface area (TPSA) is 67.1 Å². The maximum absolute atomic E-state index is 6.19. The summed E-state index contributed by atoms with van der Waals surface area (Å²) in [6.45, 7) is 5.00. The van der Waals surface area contributed by atoms with Gasteiger partial charge in [-0.05, 0) is 31.4 Å². The van der Waals surface area contributed by atoms with E-state index in [1.807, 2.05) is 31.2 Å². The van der Waals surface area contributed by atoms with E-state index in [2.05, 4.69) is 30.4 Å². The van der Waals surface area contributed by atoms with Gasteiger partial charge in [0.15, 0.2) is 11.8 Å². The number of aromatic nitrogens is 3. The molecule has 0 fully saturated rings. The zero-order valence-electron chi connectivity index (χ0n) is 13.9. The zero-order valence-corrected chi connectivity index (χ0v) is 14.7. The number of hydrogen-bond donors (Lipinski definition) is 2. The van der Waals surface area contributed by atoms with Crippen LogP contribution in [0.25, 0.3) is 0 Å². The molecule has 1 aromatic carbocycles. The van der Waals surface area contributed by atoms with Crippen molar-refractivity contribution in [3.8, 4) is 0 Å². The van der Waals surface area contributed by atoms with Gasteiger partial charge in [-0.25, -0.2) is 4.99 Å². The van der Waals surface area contributed by atoms with Crippen molar-refractivity contribution in [1.29, 1.82) is 0 Å². The molecule has 0 unspecified atom stereocenters. The number of halogens is 1. The molecule has 0 saturated carbocycles. The minimum absolute atomic E-state index is 0.535. The number of rotatable bonds is 5. The van der Waals surface area contributed by atoms with Crippen molar-refractivity contribution in [3.05, 3.63) is 46.5 Å². The molecule has 24 heavy (non-hydrogen) atoms. The number of fused-ring (bicyclic) bond motifs is 1. The summed E-state index contributed by atoms with van der Waals surface area (Å²) >= 11 is 6.19. The van der Waals surface area contributed by atoms with Crippen LogP contribution in [0.1, 0.15) is 37.0 Å². The van der Waals surface area contributed by atoms with E-state index < -0.39 is 0 Å². The van der Waals surface area contributed by atoms with Gasteiger partial charge in [-0.15, -0.1) is 10.2 Å². The lowest BCUT2D eigenvalue weighted by atomic mass is 10.2. The summed E-state index contributed by atoms with van der Waals surface area (Å²) in [5.41, 5.74) is 1.01. The highest BCUT2D eigenvalue weighted by atomic mass is 35.5. The average molecular weight is 347 g/mol. The highest BCUT2D eigenvalue weighted by Crippen LogP contribution is 2.16. The van der Waals surface area contributed by atoms with E-state index in [-0.39, 0.29) is 0 Å². The molecule has 2 heterocycles. The fourth-order valence-electron chi connectivity index (χ4n) is 2.79. The number of benzene rings is 1. The fraction of sp³-hybridized carbons (Fsp3) is 0.471. The van der Waals surface area contributed by atoms with Crippen LogP contribution in [0.4, 0.5) is 0 Å². The summed E-state index contributed by atoms with van der Waals surface area (Å²) in [5, 5.41) is 15.9. The standard InChI is InChI=1S/C17H23ClN6/c1-2-19-17(20-11-13-7-3-4-8-14(13)18)21-12-16-23-22-15-9-5-6-10-24(15)16/h3-4,7-8H,2,5-6,9-12H2,1H3,(H2,19,20,21). The molecule has 7 heteroatoms. The SMILES string of the molecule is CCNC(=NCc1ccccc1Cl)NCc1nnc2n1CCCC2. The van der Waals surface area contributed by atoms with Crippen molar-refractivity contribution >= 4 is 17.6 Å². The predicted molar refractivity (Wildman–Crippen MR) is 96.1 cm³/mol. The largest absolute Gasteiger partial charge is 0.357 e. The number of nitrogens with one attached hydrogen (secondary N) is 2. The summed E-state index contributed by atoms with van der Waals surface area (Å²) in [4.78, 5) is 4.61. The Labute approximate surface area is 147 Å². The maximum Gasteiger partial charge on any atom is 0.191 e. The Morgan fingerprint density at radius 3 is 2.96 bits per heavy atom. The molecule has 2 N–H and O–H groups in total. The Bertz CT molecular complexity index is 709.